The van der Waals surface area contributed by atoms with Gasteiger partial charge in [-0.15, -0.1) is 0 Å². The quantitative estimate of drug-likeness (QED) is 0.198. The SMILES string of the molecule is c1cc(-c2ccc3c4ccccc4c4nc5ccccc5n4c3c2)cc(-c2cc3cccc4ccc5cccc2c5c43)c1. The summed E-state index contributed by atoms with van der Waals surface area (Å²) in [6.07, 6.45) is 0. The van der Waals surface area contributed by atoms with Crippen LogP contribution in [-0.4, -0.2) is 9.38 Å². The maximum Gasteiger partial charge on any atom is 0.146 e. The van der Waals surface area contributed by atoms with E-state index in [0.717, 1.165) is 16.7 Å². The molecule has 0 atom stereocenters. The Morgan fingerprint density at radius 2 is 1.09 bits per heavy atom. The lowest BCUT2D eigenvalue weighted by molar-refractivity contribution is 1.31. The van der Waals surface area contributed by atoms with Crippen molar-refractivity contribution in [3.8, 4) is 22.3 Å². The Hall–Kier alpha value is -5.73. The highest BCUT2D eigenvalue weighted by Gasteiger charge is 2.16. The molecular formula is C41H24N2. The lowest BCUT2D eigenvalue weighted by Crippen LogP contribution is -1.92. The van der Waals surface area contributed by atoms with Crippen molar-refractivity contribution in [3.05, 3.63) is 146 Å². The third kappa shape index (κ3) is 3.15. The maximum atomic E-state index is 5.08. The van der Waals surface area contributed by atoms with Crippen LogP contribution in [0.1, 0.15) is 0 Å². The first-order valence-corrected chi connectivity index (χ1v) is 14.8. The molecular weight excluding hydrogens is 520 g/mol. The van der Waals surface area contributed by atoms with Gasteiger partial charge in [0, 0.05) is 10.8 Å². The minimum absolute atomic E-state index is 1.00. The molecule has 198 valence electrons. The average molecular weight is 545 g/mol. The molecule has 2 heteroatoms. The summed E-state index contributed by atoms with van der Waals surface area (Å²) in [5.74, 6) is 0. The van der Waals surface area contributed by atoms with E-state index >= 15 is 0 Å². The van der Waals surface area contributed by atoms with E-state index in [1.165, 1.54) is 76.2 Å². The molecule has 0 aliphatic rings. The summed E-state index contributed by atoms with van der Waals surface area (Å²) in [6.45, 7) is 0. The summed E-state index contributed by atoms with van der Waals surface area (Å²) >= 11 is 0. The first-order valence-electron chi connectivity index (χ1n) is 14.8. The Morgan fingerprint density at radius 3 is 2.02 bits per heavy atom. The molecule has 2 heterocycles. The molecule has 0 saturated carbocycles. The molecule has 0 unspecified atom stereocenters. The van der Waals surface area contributed by atoms with Crippen LogP contribution in [0.3, 0.4) is 0 Å². The van der Waals surface area contributed by atoms with E-state index in [1.54, 1.807) is 0 Å². The smallest absolute Gasteiger partial charge is 0.146 e. The van der Waals surface area contributed by atoms with Crippen LogP contribution in [0, 0.1) is 0 Å². The standard InChI is InChI=1S/C41H24N2/c1-2-14-34-31(13-1)32-21-20-28(24-38(32)43-37-17-4-3-16-36(37)42-41(34)43)27-10-6-11-29(22-27)35-23-30-12-5-8-25-18-19-26-9-7-15-33(35)40(26)39(25)30/h1-24H. The number of hydrogen-bond donors (Lipinski definition) is 0. The van der Waals surface area contributed by atoms with Gasteiger partial charge in [-0.2, -0.15) is 0 Å². The number of para-hydroxylation sites is 2. The maximum absolute atomic E-state index is 5.08. The Kier molecular flexibility index (Phi) is 4.48. The highest BCUT2D eigenvalue weighted by atomic mass is 15.0. The first kappa shape index (κ1) is 22.9. The number of pyridine rings is 1. The van der Waals surface area contributed by atoms with Crippen LogP contribution in [0.4, 0.5) is 0 Å². The van der Waals surface area contributed by atoms with Crippen LogP contribution in [0.15, 0.2) is 146 Å². The second-order valence-corrected chi connectivity index (χ2v) is 11.6. The molecule has 0 fully saturated rings. The monoisotopic (exact) mass is 544 g/mol. The van der Waals surface area contributed by atoms with Crippen LogP contribution in [-0.2, 0) is 0 Å². The van der Waals surface area contributed by atoms with Crippen LogP contribution in [0.2, 0.25) is 0 Å². The topological polar surface area (TPSA) is 17.3 Å². The number of imidazole rings is 1. The summed E-state index contributed by atoms with van der Waals surface area (Å²) in [6, 6.07) is 53.2. The summed E-state index contributed by atoms with van der Waals surface area (Å²) in [5, 5.41) is 11.5. The second kappa shape index (κ2) is 8.40. The fourth-order valence-corrected chi connectivity index (χ4v) is 7.35. The fraction of sp³-hybridized carbons (Fsp3) is 0. The van der Waals surface area contributed by atoms with E-state index in [2.05, 4.69) is 150 Å². The van der Waals surface area contributed by atoms with Gasteiger partial charge in [0.15, 0.2) is 0 Å². The van der Waals surface area contributed by atoms with Crippen molar-refractivity contribution in [3.63, 3.8) is 0 Å². The third-order valence-electron chi connectivity index (χ3n) is 9.27. The lowest BCUT2D eigenvalue weighted by atomic mass is 9.88. The van der Waals surface area contributed by atoms with E-state index in [0.29, 0.717) is 0 Å². The molecule has 0 saturated heterocycles. The van der Waals surface area contributed by atoms with Gasteiger partial charge in [-0.3, -0.25) is 4.40 Å². The summed E-state index contributed by atoms with van der Waals surface area (Å²) < 4.78 is 2.34. The highest BCUT2D eigenvalue weighted by molar-refractivity contribution is 6.26. The van der Waals surface area contributed by atoms with Crippen molar-refractivity contribution in [2.75, 3.05) is 0 Å². The average Bonchev–Trinajstić information content (AvgIpc) is 3.47. The molecule has 43 heavy (non-hydrogen) atoms. The molecule has 0 aliphatic carbocycles. The predicted molar refractivity (Wildman–Crippen MR) is 182 cm³/mol. The fourth-order valence-electron chi connectivity index (χ4n) is 7.35. The number of rotatable bonds is 2. The molecule has 10 aromatic rings. The van der Waals surface area contributed by atoms with Crippen molar-refractivity contribution >= 4 is 70.7 Å². The highest BCUT2D eigenvalue weighted by Crippen LogP contribution is 2.41. The van der Waals surface area contributed by atoms with Gasteiger partial charge in [0.2, 0.25) is 0 Å². The number of hydrogen-bond acceptors (Lipinski definition) is 1. The molecule has 10 rings (SSSR count). The Morgan fingerprint density at radius 1 is 0.395 bits per heavy atom. The molecule has 2 aromatic heterocycles. The summed E-state index contributed by atoms with van der Waals surface area (Å²) in [4.78, 5) is 5.08. The molecule has 0 aliphatic heterocycles. The second-order valence-electron chi connectivity index (χ2n) is 11.6. The van der Waals surface area contributed by atoms with E-state index in [1.807, 2.05) is 0 Å². The van der Waals surface area contributed by atoms with Crippen LogP contribution >= 0.6 is 0 Å². The van der Waals surface area contributed by atoms with Gasteiger partial charge in [0.25, 0.3) is 0 Å². The van der Waals surface area contributed by atoms with Gasteiger partial charge in [0.1, 0.15) is 5.65 Å². The number of nitrogens with zero attached hydrogens (tertiary/aromatic N) is 2. The van der Waals surface area contributed by atoms with E-state index in [-0.39, 0.29) is 0 Å². The Bertz CT molecular complexity index is 2730. The molecule has 8 aromatic carbocycles. The van der Waals surface area contributed by atoms with Gasteiger partial charge < -0.3 is 0 Å². The predicted octanol–water partition coefficient (Wildman–Crippen LogP) is 11.0. The van der Waals surface area contributed by atoms with Crippen molar-refractivity contribution in [1.82, 2.24) is 9.38 Å². The van der Waals surface area contributed by atoms with Crippen LogP contribution in [0.25, 0.3) is 92.9 Å². The Labute approximate surface area is 247 Å². The van der Waals surface area contributed by atoms with Crippen molar-refractivity contribution < 1.29 is 0 Å². The Balaban J connectivity index is 1.24. The summed E-state index contributed by atoms with van der Waals surface area (Å²) in [7, 11) is 0. The van der Waals surface area contributed by atoms with Gasteiger partial charge in [0.05, 0.1) is 16.6 Å². The molecule has 0 spiro atoms. The van der Waals surface area contributed by atoms with Crippen LogP contribution in [0.5, 0.6) is 0 Å². The van der Waals surface area contributed by atoms with E-state index in [9.17, 15) is 0 Å². The molecule has 0 bridgehead atoms. The van der Waals surface area contributed by atoms with Crippen molar-refractivity contribution in [2.45, 2.75) is 0 Å². The van der Waals surface area contributed by atoms with Gasteiger partial charge in [-0.25, -0.2) is 4.98 Å². The number of aromatic nitrogens is 2. The minimum Gasteiger partial charge on any atom is -0.292 e. The zero-order chi connectivity index (χ0) is 28.1. The normalized spacial score (nSPS) is 12.2. The number of fused-ring (bicyclic) bond motifs is 8. The third-order valence-corrected chi connectivity index (χ3v) is 9.27. The first-order chi connectivity index (χ1) is 21.3. The zero-order valence-corrected chi connectivity index (χ0v) is 23.3. The van der Waals surface area contributed by atoms with Crippen molar-refractivity contribution in [1.29, 1.82) is 0 Å². The molecule has 0 amide bonds. The van der Waals surface area contributed by atoms with Crippen molar-refractivity contribution in [2.24, 2.45) is 0 Å². The molecule has 0 N–H and O–H groups in total. The largest absolute Gasteiger partial charge is 0.292 e. The van der Waals surface area contributed by atoms with Gasteiger partial charge in [-0.05, 0) is 90.3 Å². The molecule has 2 nitrogen and oxygen atoms in total. The van der Waals surface area contributed by atoms with Gasteiger partial charge >= 0.3 is 0 Å². The number of benzene rings is 8. The molecule has 0 radical (unpaired) electrons. The van der Waals surface area contributed by atoms with E-state index < -0.39 is 0 Å². The lowest BCUT2D eigenvalue weighted by Gasteiger charge is -2.16. The zero-order valence-electron chi connectivity index (χ0n) is 23.3. The van der Waals surface area contributed by atoms with Crippen LogP contribution < -0.4 is 0 Å². The van der Waals surface area contributed by atoms with Gasteiger partial charge in [-0.1, -0.05) is 115 Å². The summed E-state index contributed by atoms with van der Waals surface area (Å²) in [5.41, 5.74) is 9.22. The van der Waals surface area contributed by atoms with E-state index in [4.69, 9.17) is 4.98 Å². The minimum atomic E-state index is 1.00.